The average Bonchev–Trinajstić information content (AvgIpc) is 2.47. The molecule has 0 aromatic rings. The number of ether oxygens (including phenoxy) is 2. The number of rotatable bonds is 1. The smallest absolute Gasteiger partial charge is 0.164 e. The molecule has 0 saturated carbocycles. The van der Waals surface area contributed by atoms with Crippen LogP contribution in [-0.4, -0.2) is 29.7 Å². The largest absolute Gasteiger partial charge is 0.392 e. The van der Waals surface area contributed by atoms with Gasteiger partial charge in [0.25, 0.3) is 0 Å². The highest BCUT2D eigenvalue weighted by Gasteiger charge is 2.46. The van der Waals surface area contributed by atoms with Gasteiger partial charge in [0.2, 0.25) is 0 Å². The molecule has 72 valence electrons. The zero-order valence-corrected chi connectivity index (χ0v) is 7.91. The van der Waals surface area contributed by atoms with Crippen LogP contribution in [0.1, 0.15) is 13.8 Å². The van der Waals surface area contributed by atoms with Gasteiger partial charge < -0.3 is 14.6 Å². The number of aliphatic hydroxyl groups excluding tert-OH is 1. The molecule has 3 heteroatoms. The Morgan fingerprint density at radius 1 is 1.46 bits per heavy atom. The van der Waals surface area contributed by atoms with Gasteiger partial charge in [-0.3, -0.25) is 0 Å². The van der Waals surface area contributed by atoms with E-state index in [2.05, 4.69) is 6.58 Å². The van der Waals surface area contributed by atoms with E-state index in [9.17, 15) is 0 Å². The molecule has 2 aliphatic rings. The van der Waals surface area contributed by atoms with E-state index >= 15 is 0 Å². The van der Waals surface area contributed by atoms with Crippen molar-refractivity contribution in [2.24, 2.45) is 0 Å². The summed E-state index contributed by atoms with van der Waals surface area (Å²) in [6.45, 7) is 7.62. The van der Waals surface area contributed by atoms with Gasteiger partial charge in [-0.25, -0.2) is 0 Å². The van der Waals surface area contributed by atoms with Crippen molar-refractivity contribution in [3.8, 4) is 0 Å². The first kappa shape index (κ1) is 8.94. The Balaban J connectivity index is 2.24. The van der Waals surface area contributed by atoms with Gasteiger partial charge in [-0.05, 0) is 25.0 Å². The van der Waals surface area contributed by atoms with Gasteiger partial charge in [-0.2, -0.15) is 0 Å². The summed E-state index contributed by atoms with van der Waals surface area (Å²) < 4.78 is 11.3. The highest BCUT2D eigenvalue weighted by molar-refractivity contribution is 5.39. The molecule has 1 saturated heterocycles. The Bertz CT molecular complexity index is 278. The van der Waals surface area contributed by atoms with Crippen molar-refractivity contribution in [3.05, 3.63) is 23.8 Å². The maximum Gasteiger partial charge on any atom is 0.164 e. The van der Waals surface area contributed by atoms with E-state index in [1.807, 2.05) is 19.9 Å². The minimum atomic E-state index is -0.563. The average molecular weight is 182 g/mol. The van der Waals surface area contributed by atoms with Crippen LogP contribution in [-0.2, 0) is 9.47 Å². The van der Waals surface area contributed by atoms with Crippen LogP contribution in [0.25, 0.3) is 0 Å². The molecule has 1 N–H and O–H groups in total. The fraction of sp³-hybridized carbons (Fsp3) is 0.600. The van der Waals surface area contributed by atoms with E-state index in [1.54, 1.807) is 0 Å². The van der Waals surface area contributed by atoms with Crippen molar-refractivity contribution in [2.45, 2.75) is 31.8 Å². The Hall–Kier alpha value is -0.640. The van der Waals surface area contributed by atoms with Gasteiger partial charge in [-0.15, -0.1) is 0 Å². The summed E-state index contributed by atoms with van der Waals surface area (Å²) in [5.74, 6) is -0.563. The van der Waals surface area contributed by atoms with E-state index < -0.39 is 5.79 Å². The molecule has 3 nitrogen and oxygen atoms in total. The maximum absolute atomic E-state index is 9.06. The highest BCUT2D eigenvalue weighted by Crippen LogP contribution is 2.39. The van der Waals surface area contributed by atoms with Gasteiger partial charge in [0, 0.05) is 0 Å². The quantitative estimate of drug-likeness (QED) is 0.657. The summed E-state index contributed by atoms with van der Waals surface area (Å²) in [4.78, 5) is 0. The summed E-state index contributed by atoms with van der Waals surface area (Å²) in [5, 5.41) is 9.06. The zero-order chi connectivity index (χ0) is 9.64. The zero-order valence-electron chi connectivity index (χ0n) is 7.91. The first-order valence-corrected chi connectivity index (χ1v) is 4.39. The normalized spacial score (nSPS) is 36.2. The first-order valence-electron chi connectivity index (χ1n) is 4.39. The molecule has 0 amide bonds. The second-order valence-electron chi connectivity index (χ2n) is 3.93. The second kappa shape index (κ2) is 2.67. The summed E-state index contributed by atoms with van der Waals surface area (Å²) in [6.07, 6.45) is 1.62. The highest BCUT2D eigenvalue weighted by atomic mass is 16.8. The number of fused-ring (bicyclic) bond motifs is 1. The molecule has 0 bridgehead atoms. The van der Waals surface area contributed by atoms with Crippen LogP contribution in [0.4, 0.5) is 0 Å². The molecule has 1 aliphatic carbocycles. The minimum Gasteiger partial charge on any atom is -0.392 e. The van der Waals surface area contributed by atoms with Crippen LogP contribution in [0.2, 0.25) is 0 Å². The van der Waals surface area contributed by atoms with Gasteiger partial charge >= 0.3 is 0 Å². The third-order valence-corrected chi connectivity index (χ3v) is 2.38. The summed E-state index contributed by atoms with van der Waals surface area (Å²) in [6, 6.07) is 0. The van der Waals surface area contributed by atoms with Crippen molar-refractivity contribution in [2.75, 3.05) is 6.61 Å². The Morgan fingerprint density at radius 2 is 2.08 bits per heavy atom. The number of aliphatic hydroxyl groups is 1. The lowest BCUT2D eigenvalue weighted by atomic mass is 10.1. The maximum atomic E-state index is 9.06. The molecular formula is C10H14O3. The molecule has 1 fully saturated rings. The van der Waals surface area contributed by atoms with Crippen LogP contribution in [0.5, 0.6) is 0 Å². The Morgan fingerprint density at radius 3 is 2.69 bits per heavy atom. The topological polar surface area (TPSA) is 38.7 Å². The molecular weight excluding hydrogens is 168 g/mol. The van der Waals surface area contributed by atoms with Gasteiger partial charge in [0.1, 0.15) is 12.2 Å². The monoisotopic (exact) mass is 182 g/mol. The summed E-state index contributed by atoms with van der Waals surface area (Å²) >= 11 is 0. The predicted molar refractivity (Wildman–Crippen MR) is 48.1 cm³/mol. The summed E-state index contributed by atoms with van der Waals surface area (Å²) in [5.41, 5.74) is 1.75. The standard InChI is InChI=1S/C10H14O3/c1-6-4-7(5-11)9-8(6)12-10(2,3)13-9/h4,8-9,11H,1,5H2,2-3H3/t8?,9-/m1/s1. The van der Waals surface area contributed by atoms with Crippen LogP contribution < -0.4 is 0 Å². The summed E-state index contributed by atoms with van der Waals surface area (Å²) in [7, 11) is 0. The third kappa shape index (κ3) is 1.33. The minimum absolute atomic E-state index is 0.0135. The fourth-order valence-corrected chi connectivity index (χ4v) is 1.84. The third-order valence-electron chi connectivity index (χ3n) is 2.38. The van der Waals surface area contributed by atoms with E-state index in [0.29, 0.717) is 0 Å². The van der Waals surface area contributed by atoms with Crippen molar-refractivity contribution >= 4 is 0 Å². The van der Waals surface area contributed by atoms with Crippen LogP contribution in [0, 0.1) is 0 Å². The lowest BCUT2D eigenvalue weighted by Crippen LogP contribution is -2.22. The van der Waals surface area contributed by atoms with E-state index in [-0.39, 0.29) is 18.8 Å². The van der Waals surface area contributed by atoms with Crippen molar-refractivity contribution in [1.29, 1.82) is 0 Å². The predicted octanol–water partition coefficient (Wildman–Crippen LogP) is 0.995. The van der Waals surface area contributed by atoms with E-state index in [0.717, 1.165) is 11.1 Å². The molecule has 1 heterocycles. The van der Waals surface area contributed by atoms with Crippen LogP contribution in [0.15, 0.2) is 23.8 Å². The molecule has 13 heavy (non-hydrogen) atoms. The Kier molecular flexibility index (Phi) is 1.84. The molecule has 0 aromatic heterocycles. The first-order chi connectivity index (χ1) is 6.03. The van der Waals surface area contributed by atoms with Crippen molar-refractivity contribution in [1.82, 2.24) is 0 Å². The van der Waals surface area contributed by atoms with Gasteiger partial charge in [-0.1, -0.05) is 12.7 Å². The van der Waals surface area contributed by atoms with E-state index in [1.165, 1.54) is 0 Å². The fourth-order valence-electron chi connectivity index (χ4n) is 1.84. The molecule has 2 rings (SSSR count). The number of hydrogen-bond acceptors (Lipinski definition) is 3. The van der Waals surface area contributed by atoms with E-state index in [4.69, 9.17) is 14.6 Å². The Labute approximate surface area is 77.7 Å². The van der Waals surface area contributed by atoms with Crippen molar-refractivity contribution < 1.29 is 14.6 Å². The SMILES string of the molecule is C=C1C=C(CO)[C@H]2OC(C)(C)OC12. The molecule has 1 unspecified atom stereocenters. The molecule has 1 aliphatic heterocycles. The van der Waals surface area contributed by atoms with Crippen LogP contribution >= 0.6 is 0 Å². The molecule has 2 atom stereocenters. The number of hydrogen-bond donors (Lipinski definition) is 1. The molecule has 0 spiro atoms. The van der Waals surface area contributed by atoms with Gasteiger partial charge in [0.15, 0.2) is 5.79 Å². The lowest BCUT2D eigenvalue weighted by Gasteiger charge is -2.18. The molecule has 0 radical (unpaired) electrons. The van der Waals surface area contributed by atoms with Gasteiger partial charge in [0.05, 0.1) is 6.61 Å². The van der Waals surface area contributed by atoms with Crippen LogP contribution in [0.3, 0.4) is 0 Å². The second-order valence-corrected chi connectivity index (χ2v) is 3.93. The lowest BCUT2D eigenvalue weighted by molar-refractivity contribution is -0.141. The molecule has 0 aromatic carbocycles. The van der Waals surface area contributed by atoms with Crippen molar-refractivity contribution in [3.63, 3.8) is 0 Å².